The Kier molecular flexibility index (Phi) is 7.12. The molecule has 0 saturated carbocycles. The topological polar surface area (TPSA) is 37.2 Å². The maximum absolute atomic E-state index is 4.77. The van der Waals surface area contributed by atoms with E-state index >= 15 is 0 Å². The molecule has 180 valence electrons. The first-order valence-corrected chi connectivity index (χ1v) is 13.1. The van der Waals surface area contributed by atoms with Crippen LogP contribution in [-0.2, 0) is 6.54 Å². The molecule has 0 radical (unpaired) electrons. The molecule has 5 nitrogen and oxygen atoms in total. The third kappa shape index (κ3) is 5.26. The van der Waals surface area contributed by atoms with Crippen LogP contribution in [0.4, 0.5) is 0 Å². The first kappa shape index (κ1) is 23.3. The van der Waals surface area contributed by atoms with Gasteiger partial charge in [-0.1, -0.05) is 42.8 Å². The Morgan fingerprint density at radius 2 is 1.65 bits per heavy atom. The van der Waals surface area contributed by atoms with Crippen LogP contribution in [0.15, 0.2) is 36.4 Å². The smallest absolute Gasteiger partial charge is 0.160 e. The summed E-state index contributed by atoms with van der Waals surface area (Å²) in [5.74, 6) is 1.02. The van der Waals surface area contributed by atoms with Gasteiger partial charge in [-0.15, -0.1) is 0 Å². The largest absolute Gasteiger partial charge is 0.308 e. The fourth-order valence-electron chi connectivity index (χ4n) is 5.71. The number of aryl methyl sites for hydroxylation is 3. The van der Waals surface area contributed by atoms with Crippen LogP contribution in [0.1, 0.15) is 60.3 Å². The summed E-state index contributed by atoms with van der Waals surface area (Å²) in [7, 11) is 0. The SMILES string of the molecule is Cc1cc(C)c2nc(C)n(Cc3ccc(/C=C/CN4CCC(N5CCCCC5)CC4)cc3)c2n1. The standard InChI is InChI=1S/C29H39N5/c1-22-20-23(2)30-29-28(22)31-24(3)34(29)21-26-11-9-25(10-12-26)8-7-15-32-18-13-27(14-19-32)33-16-5-4-6-17-33/h7-12,20,27H,4-6,13-19,21H2,1-3H3/b8-7+. The normalized spacial score (nSPS) is 18.9. The van der Waals surface area contributed by atoms with Crippen LogP contribution in [0.5, 0.6) is 0 Å². The van der Waals surface area contributed by atoms with Gasteiger partial charge in [0.1, 0.15) is 11.3 Å². The molecule has 2 aliphatic rings. The Hall–Kier alpha value is -2.50. The van der Waals surface area contributed by atoms with Gasteiger partial charge in [0, 0.05) is 18.3 Å². The molecule has 2 aliphatic heterocycles. The number of benzene rings is 1. The van der Waals surface area contributed by atoms with Crippen molar-refractivity contribution in [3.63, 3.8) is 0 Å². The van der Waals surface area contributed by atoms with Crippen molar-refractivity contribution in [1.82, 2.24) is 24.3 Å². The van der Waals surface area contributed by atoms with Crippen LogP contribution in [0.3, 0.4) is 0 Å². The number of likely N-dealkylation sites (tertiary alicyclic amines) is 2. The van der Waals surface area contributed by atoms with Crippen molar-refractivity contribution in [2.45, 2.75) is 65.5 Å². The molecule has 2 fully saturated rings. The first-order valence-electron chi connectivity index (χ1n) is 13.1. The van der Waals surface area contributed by atoms with Crippen molar-refractivity contribution in [2.75, 3.05) is 32.7 Å². The molecule has 0 aliphatic carbocycles. The highest BCUT2D eigenvalue weighted by Crippen LogP contribution is 2.22. The van der Waals surface area contributed by atoms with E-state index in [-0.39, 0.29) is 0 Å². The van der Waals surface area contributed by atoms with Gasteiger partial charge >= 0.3 is 0 Å². The van der Waals surface area contributed by atoms with E-state index in [4.69, 9.17) is 9.97 Å². The Morgan fingerprint density at radius 1 is 0.912 bits per heavy atom. The third-order valence-corrected chi connectivity index (χ3v) is 7.67. The highest BCUT2D eigenvalue weighted by atomic mass is 15.2. The fourth-order valence-corrected chi connectivity index (χ4v) is 5.71. The molecule has 0 unspecified atom stereocenters. The van der Waals surface area contributed by atoms with Crippen LogP contribution in [-0.4, -0.2) is 63.1 Å². The molecule has 0 bridgehead atoms. The van der Waals surface area contributed by atoms with Gasteiger partial charge in [-0.3, -0.25) is 4.90 Å². The second-order valence-electron chi connectivity index (χ2n) is 10.3. The minimum Gasteiger partial charge on any atom is -0.308 e. The molecular formula is C29H39N5. The lowest BCUT2D eigenvalue weighted by Gasteiger charge is -2.40. The zero-order valence-electron chi connectivity index (χ0n) is 21.1. The predicted molar refractivity (Wildman–Crippen MR) is 141 cm³/mol. The number of aromatic nitrogens is 3. The maximum Gasteiger partial charge on any atom is 0.160 e. The van der Waals surface area contributed by atoms with E-state index in [9.17, 15) is 0 Å². The van der Waals surface area contributed by atoms with E-state index < -0.39 is 0 Å². The van der Waals surface area contributed by atoms with Gasteiger partial charge in [0.15, 0.2) is 5.65 Å². The number of hydrogen-bond acceptors (Lipinski definition) is 4. The molecule has 0 amide bonds. The lowest BCUT2D eigenvalue weighted by atomic mass is 10.00. The van der Waals surface area contributed by atoms with E-state index in [0.717, 1.165) is 41.8 Å². The second kappa shape index (κ2) is 10.4. The molecule has 0 spiro atoms. The van der Waals surface area contributed by atoms with Crippen LogP contribution in [0.25, 0.3) is 17.2 Å². The number of rotatable bonds is 6. The van der Waals surface area contributed by atoms with Gasteiger partial charge < -0.3 is 9.47 Å². The lowest BCUT2D eigenvalue weighted by molar-refractivity contribution is 0.0975. The van der Waals surface area contributed by atoms with Gasteiger partial charge in [0.25, 0.3) is 0 Å². The van der Waals surface area contributed by atoms with Crippen molar-refractivity contribution in [3.8, 4) is 0 Å². The number of hydrogen-bond donors (Lipinski definition) is 0. The summed E-state index contributed by atoms with van der Waals surface area (Å²) in [6.45, 7) is 13.2. The fraction of sp³-hybridized carbons (Fsp3) is 0.517. The molecule has 2 saturated heterocycles. The minimum absolute atomic E-state index is 0.800. The summed E-state index contributed by atoms with van der Waals surface area (Å²) in [5.41, 5.74) is 6.79. The van der Waals surface area contributed by atoms with Crippen LogP contribution in [0, 0.1) is 20.8 Å². The first-order chi connectivity index (χ1) is 16.6. The van der Waals surface area contributed by atoms with Gasteiger partial charge in [0.2, 0.25) is 0 Å². The van der Waals surface area contributed by atoms with Gasteiger partial charge in [-0.2, -0.15) is 0 Å². The van der Waals surface area contributed by atoms with Crippen LogP contribution in [0.2, 0.25) is 0 Å². The summed E-state index contributed by atoms with van der Waals surface area (Å²) in [6, 6.07) is 11.9. The zero-order valence-corrected chi connectivity index (χ0v) is 21.1. The third-order valence-electron chi connectivity index (χ3n) is 7.67. The average Bonchev–Trinajstić information content (AvgIpc) is 3.16. The Labute approximate surface area is 204 Å². The molecule has 5 rings (SSSR count). The summed E-state index contributed by atoms with van der Waals surface area (Å²) >= 11 is 0. The van der Waals surface area contributed by atoms with Crippen molar-refractivity contribution in [2.24, 2.45) is 0 Å². The molecular weight excluding hydrogens is 418 g/mol. The Morgan fingerprint density at radius 3 is 2.38 bits per heavy atom. The minimum atomic E-state index is 0.800. The number of fused-ring (bicyclic) bond motifs is 1. The Bertz CT molecular complexity index is 1130. The van der Waals surface area contributed by atoms with Crippen molar-refractivity contribution >= 4 is 17.2 Å². The van der Waals surface area contributed by atoms with Crippen molar-refractivity contribution in [1.29, 1.82) is 0 Å². The lowest BCUT2D eigenvalue weighted by Crippen LogP contribution is -2.46. The van der Waals surface area contributed by atoms with Crippen molar-refractivity contribution < 1.29 is 0 Å². The number of nitrogens with zero attached hydrogens (tertiary/aromatic N) is 5. The highest BCUT2D eigenvalue weighted by molar-refractivity contribution is 5.76. The van der Waals surface area contributed by atoms with Gasteiger partial charge in [-0.05, 0) is 95.4 Å². The number of pyridine rings is 1. The van der Waals surface area contributed by atoms with E-state index in [2.05, 4.69) is 77.6 Å². The summed E-state index contributed by atoms with van der Waals surface area (Å²) in [6.07, 6.45) is 11.5. The average molecular weight is 458 g/mol. The summed E-state index contributed by atoms with van der Waals surface area (Å²) < 4.78 is 2.23. The molecule has 0 N–H and O–H groups in total. The number of imidazole rings is 1. The van der Waals surface area contributed by atoms with E-state index in [1.54, 1.807) is 0 Å². The van der Waals surface area contributed by atoms with Crippen LogP contribution >= 0.6 is 0 Å². The summed E-state index contributed by atoms with van der Waals surface area (Å²) in [4.78, 5) is 14.9. The molecule has 3 aromatic rings. The predicted octanol–water partition coefficient (Wildman–Crippen LogP) is 5.37. The zero-order chi connectivity index (χ0) is 23.5. The van der Waals surface area contributed by atoms with Crippen molar-refractivity contribution in [3.05, 3.63) is 64.6 Å². The molecule has 5 heteroatoms. The van der Waals surface area contributed by atoms with E-state index in [0.29, 0.717) is 0 Å². The van der Waals surface area contributed by atoms with Crippen LogP contribution < -0.4 is 0 Å². The van der Waals surface area contributed by atoms with Gasteiger partial charge in [0.05, 0.1) is 6.54 Å². The highest BCUT2D eigenvalue weighted by Gasteiger charge is 2.24. The summed E-state index contributed by atoms with van der Waals surface area (Å²) in [5, 5.41) is 0. The van der Waals surface area contributed by atoms with Gasteiger partial charge in [-0.25, -0.2) is 9.97 Å². The molecule has 34 heavy (non-hydrogen) atoms. The maximum atomic E-state index is 4.77. The molecule has 1 aromatic carbocycles. The quantitative estimate of drug-likeness (QED) is 0.499. The van der Waals surface area contributed by atoms with E-state index in [1.807, 2.05) is 0 Å². The monoisotopic (exact) mass is 457 g/mol. The number of piperidine rings is 2. The molecule has 4 heterocycles. The Balaban J connectivity index is 1.15. The molecule has 0 atom stereocenters. The molecule has 2 aromatic heterocycles. The van der Waals surface area contributed by atoms with E-state index in [1.165, 1.54) is 75.0 Å². The second-order valence-corrected chi connectivity index (χ2v) is 10.3.